The lowest BCUT2D eigenvalue weighted by molar-refractivity contribution is 0.317. The summed E-state index contributed by atoms with van der Waals surface area (Å²) >= 11 is 0. The van der Waals surface area contributed by atoms with Gasteiger partial charge in [-0.05, 0) is 0 Å². The Labute approximate surface area is 75.8 Å². The van der Waals surface area contributed by atoms with Gasteiger partial charge in [-0.15, -0.1) is 0 Å². The second-order valence-corrected chi connectivity index (χ2v) is 7.55. The van der Waals surface area contributed by atoms with Crippen molar-refractivity contribution in [1.29, 1.82) is 0 Å². The molecule has 72 valence electrons. The third-order valence-corrected chi connectivity index (χ3v) is 4.74. The van der Waals surface area contributed by atoms with E-state index in [-0.39, 0.29) is 13.1 Å². The molecule has 0 aliphatic carbocycles. The fourth-order valence-corrected chi connectivity index (χ4v) is 2.99. The quantitative estimate of drug-likeness (QED) is 0.586. The first-order valence-electron chi connectivity index (χ1n) is 3.10. The Morgan fingerprint density at radius 2 is 1.67 bits per heavy atom. The molecule has 0 amide bonds. The molecule has 0 spiro atoms. The highest BCUT2D eigenvalue weighted by atomic mass is 35.7. The van der Waals surface area contributed by atoms with Gasteiger partial charge in [-0.25, -0.2) is 8.42 Å². The van der Waals surface area contributed by atoms with Crippen LogP contribution < -0.4 is 0 Å². The summed E-state index contributed by atoms with van der Waals surface area (Å²) in [6, 6.07) is 0. The molecule has 0 radical (unpaired) electrons. The van der Waals surface area contributed by atoms with Crippen molar-refractivity contribution in [3.63, 3.8) is 0 Å². The minimum absolute atomic E-state index is 0.0231. The molecule has 1 rings (SSSR count). The van der Waals surface area contributed by atoms with Crippen LogP contribution in [0, 0.1) is 0 Å². The molecule has 8 heteroatoms. The predicted molar refractivity (Wildman–Crippen MR) is 45.0 cm³/mol. The summed E-state index contributed by atoms with van der Waals surface area (Å²) in [7, 11) is -1.89. The molecule has 0 N–H and O–H groups in total. The van der Waals surface area contributed by atoms with Crippen LogP contribution in [-0.2, 0) is 19.1 Å². The average molecular weight is 234 g/mol. The first-order valence-corrected chi connectivity index (χ1v) is 7.32. The molecule has 0 aromatic rings. The van der Waals surface area contributed by atoms with E-state index in [1.54, 1.807) is 0 Å². The molecule has 0 unspecified atom stereocenters. The van der Waals surface area contributed by atoms with E-state index in [0.717, 1.165) is 10.6 Å². The van der Waals surface area contributed by atoms with E-state index in [1.807, 2.05) is 0 Å². The summed E-state index contributed by atoms with van der Waals surface area (Å²) in [6.07, 6.45) is 1.08. The maximum atomic E-state index is 10.8. The standard InChI is InChI=1S/C4H8ClNO4S2/c1-11(7,8)4-2-6(3-4)12(5,9)10/h4H,2-3H2,1H3. The molecule has 0 aromatic carbocycles. The third-order valence-electron chi connectivity index (χ3n) is 1.73. The highest BCUT2D eigenvalue weighted by molar-refractivity contribution is 8.12. The van der Waals surface area contributed by atoms with Gasteiger partial charge >= 0.3 is 0 Å². The SMILES string of the molecule is CS(=O)(=O)C1CN(S(=O)(=O)Cl)C1. The Morgan fingerprint density at radius 1 is 1.25 bits per heavy atom. The van der Waals surface area contributed by atoms with Crippen LogP contribution in [0.2, 0.25) is 0 Å². The number of hydrogen-bond acceptors (Lipinski definition) is 4. The predicted octanol–water partition coefficient (Wildman–Crippen LogP) is -0.801. The molecular weight excluding hydrogens is 226 g/mol. The fourth-order valence-electron chi connectivity index (χ4n) is 0.850. The lowest BCUT2D eigenvalue weighted by Crippen LogP contribution is -2.55. The van der Waals surface area contributed by atoms with Gasteiger partial charge in [0.05, 0.1) is 5.25 Å². The van der Waals surface area contributed by atoms with E-state index in [4.69, 9.17) is 10.7 Å². The summed E-state index contributed by atoms with van der Waals surface area (Å²) < 4.78 is 43.7. The van der Waals surface area contributed by atoms with Gasteiger partial charge in [0, 0.05) is 30.0 Å². The van der Waals surface area contributed by atoms with E-state index in [0.29, 0.717) is 0 Å². The minimum atomic E-state index is -3.72. The van der Waals surface area contributed by atoms with Gasteiger partial charge in [-0.1, -0.05) is 0 Å². The number of nitrogens with zero attached hydrogens (tertiary/aromatic N) is 1. The second-order valence-electron chi connectivity index (χ2n) is 2.71. The Balaban J connectivity index is 2.62. The van der Waals surface area contributed by atoms with Gasteiger partial charge < -0.3 is 0 Å². The topological polar surface area (TPSA) is 71.5 Å². The lowest BCUT2D eigenvalue weighted by atomic mass is 10.3. The van der Waals surface area contributed by atoms with Gasteiger partial charge in [-0.2, -0.15) is 12.7 Å². The lowest BCUT2D eigenvalue weighted by Gasteiger charge is -2.34. The smallest absolute Gasteiger partial charge is 0.229 e. The van der Waals surface area contributed by atoms with Crippen molar-refractivity contribution in [1.82, 2.24) is 4.31 Å². The van der Waals surface area contributed by atoms with Crippen LogP contribution in [-0.4, -0.2) is 45.7 Å². The molecule has 0 aromatic heterocycles. The fraction of sp³-hybridized carbons (Fsp3) is 1.00. The van der Waals surface area contributed by atoms with E-state index in [2.05, 4.69) is 0 Å². The zero-order valence-corrected chi connectivity index (χ0v) is 8.66. The maximum absolute atomic E-state index is 10.8. The molecule has 1 fully saturated rings. The Kier molecular flexibility index (Phi) is 2.41. The number of halogens is 1. The molecule has 1 saturated heterocycles. The van der Waals surface area contributed by atoms with Gasteiger partial charge in [0.1, 0.15) is 0 Å². The van der Waals surface area contributed by atoms with Crippen molar-refractivity contribution in [2.75, 3.05) is 19.3 Å². The van der Waals surface area contributed by atoms with Crippen LogP contribution in [0.1, 0.15) is 0 Å². The van der Waals surface area contributed by atoms with E-state index >= 15 is 0 Å². The molecule has 0 bridgehead atoms. The van der Waals surface area contributed by atoms with Gasteiger partial charge in [0.25, 0.3) is 9.24 Å². The van der Waals surface area contributed by atoms with E-state index in [9.17, 15) is 16.8 Å². The van der Waals surface area contributed by atoms with E-state index in [1.165, 1.54) is 0 Å². The maximum Gasteiger partial charge on any atom is 0.299 e. The van der Waals surface area contributed by atoms with Crippen LogP contribution in [0.25, 0.3) is 0 Å². The second kappa shape index (κ2) is 2.83. The summed E-state index contributed by atoms with van der Waals surface area (Å²) in [6.45, 7) is -0.0463. The zero-order valence-electron chi connectivity index (χ0n) is 6.27. The summed E-state index contributed by atoms with van der Waals surface area (Å²) in [4.78, 5) is 0. The molecular formula is C4H8ClNO4S2. The highest BCUT2D eigenvalue weighted by Gasteiger charge is 2.40. The zero-order chi connectivity index (χ0) is 9.57. The Hall–Kier alpha value is 0.150. The van der Waals surface area contributed by atoms with Crippen molar-refractivity contribution in [3.8, 4) is 0 Å². The highest BCUT2D eigenvalue weighted by Crippen LogP contribution is 2.21. The van der Waals surface area contributed by atoms with Crippen molar-refractivity contribution in [2.24, 2.45) is 0 Å². The van der Waals surface area contributed by atoms with Crippen LogP contribution in [0.4, 0.5) is 0 Å². The Bertz CT molecular complexity index is 330. The van der Waals surface area contributed by atoms with Crippen molar-refractivity contribution in [3.05, 3.63) is 0 Å². The normalized spacial score (nSPS) is 22.2. The summed E-state index contributed by atoms with van der Waals surface area (Å²) in [5.74, 6) is 0. The number of sulfone groups is 1. The van der Waals surface area contributed by atoms with Gasteiger partial charge in [0.15, 0.2) is 9.84 Å². The largest absolute Gasteiger partial charge is 0.299 e. The van der Waals surface area contributed by atoms with E-state index < -0.39 is 24.3 Å². The Morgan fingerprint density at radius 3 is 1.92 bits per heavy atom. The molecule has 1 aliphatic heterocycles. The third kappa shape index (κ3) is 2.09. The van der Waals surface area contributed by atoms with Crippen molar-refractivity contribution < 1.29 is 16.8 Å². The van der Waals surface area contributed by atoms with Crippen LogP contribution >= 0.6 is 10.7 Å². The van der Waals surface area contributed by atoms with Crippen LogP contribution in [0.5, 0.6) is 0 Å². The molecule has 5 nitrogen and oxygen atoms in total. The minimum Gasteiger partial charge on any atom is -0.229 e. The first kappa shape index (κ1) is 10.2. The molecule has 1 aliphatic rings. The molecule has 0 atom stereocenters. The summed E-state index contributed by atoms with van der Waals surface area (Å²) in [5, 5.41) is -0.592. The number of rotatable bonds is 2. The molecule has 12 heavy (non-hydrogen) atoms. The average Bonchev–Trinajstić information content (AvgIpc) is 1.46. The van der Waals surface area contributed by atoms with Crippen molar-refractivity contribution in [2.45, 2.75) is 5.25 Å². The monoisotopic (exact) mass is 233 g/mol. The van der Waals surface area contributed by atoms with Crippen LogP contribution in [0.3, 0.4) is 0 Å². The summed E-state index contributed by atoms with van der Waals surface area (Å²) in [5.41, 5.74) is 0. The number of hydrogen-bond donors (Lipinski definition) is 0. The van der Waals surface area contributed by atoms with Crippen LogP contribution in [0.15, 0.2) is 0 Å². The molecule has 1 heterocycles. The first-order chi connectivity index (χ1) is 5.21. The molecule has 0 saturated carbocycles. The van der Waals surface area contributed by atoms with Gasteiger partial charge in [-0.3, -0.25) is 0 Å². The van der Waals surface area contributed by atoms with Gasteiger partial charge in [0.2, 0.25) is 0 Å². The van der Waals surface area contributed by atoms with Crippen molar-refractivity contribution >= 4 is 29.8 Å².